The first kappa shape index (κ1) is 14.6. The molecule has 1 aliphatic rings. The van der Waals surface area contributed by atoms with E-state index in [4.69, 9.17) is 0 Å². The first-order valence-electron chi connectivity index (χ1n) is 6.89. The third kappa shape index (κ3) is 2.59. The second-order valence-electron chi connectivity index (χ2n) is 5.59. The highest BCUT2D eigenvalue weighted by Crippen LogP contribution is 2.32. The first-order valence-corrected chi connectivity index (χ1v) is 7.71. The molecule has 1 amide bonds. The molecule has 1 atom stereocenters. The van der Waals surface area contributed by atoms with Crippen LogP contribution in [0.25, 0.3) is 10.7 Å². The lowest BCUT2D eigenvalue weighted by molar-refractivity contribution is -0.147. The maximum atomic E-state index is 12.5. The molecule has 1 aliphatic heterocycles. The number of hydrogen-bond acceptors (Lipinski definition) is 5. The topological polar surface area (TPSA) is 83.4 Å². The summed E-state index contributed by atoms with van der Waals surface area (Å²) < 4.78 is 0. The molecule has 0 spiro atoms. The molecule has 7 heteroatoms. The van der Waals surface area contributed by atoms with Gasteiger partial charge in [-0.3, -0.25) is 14.6 Å². The largest absolute Gasteiger partial charge is 0.481 e. The minimum atomic E-state index is -0.860. The van der Waals surface area contributed by atoms with E-state index in [9.17, 15) is 14.7 Å². The van der Waals surface area contributed by atoms with Gasteiger partial charge in [0.05, 0.1) is 17.3 Å². The van der Waals surface area contributed by atoms with Gasteiger partial charge in [0.15, 0.2) is 0 Å². The van der Waals surface area contributed by atoms with E-state index in [-0.39, 0.29) is 12.5 Å². The molecular weight excluding hydrogens is 302 g/mol. The van der Waals surface area contributed by atoms with E-state index in [1.807, 2.05) is 18.2 Å². The number of carboxylic acid groups (broad SMARTS) is 1. The van der Waals surface area contributed by atoms with Crippen molar-refractivity contribution < 1.29 is 14.7 Å². The molecule has 1 N–H and O–H groups in total. The van der Waals surface area contributed by atoms with Gasteiger partial charge in [-0.2, -0.15) is 0 Å². The van der Waals surface area contributed by atoms with Crippen molar-refractivity contribution in [1.29, 1.82) is 0 Å². The normalized spacial score (nSPS) is 21.0. The fourth-order valence-electron chi connectivity index (χ4n) is 2.45. The standard InChI is InChI=1S/C15H15N3O3S/c1-15(14(20)21)5-7-18(9-15)13(19)11-8-17-12(22-11)10-4-2-3-6-16-10/h2-4,6,8H,5,7,9H2,1H3,(H,20,21). The summed E-state index contributed by atoms with van der Waals surface area (Å²) >= 11 is 1.28. The molecule has 22 heavy (non-hydrogen) atoms. The monoisotopic (exact) mass is 317 g/mol. The number of carbonyl (C=O) groups excluding carboxylic acids is 1. The van der Waals surface area contributed by atoms with Gasteiger partial charge in [0, 0.05) is 19.3 Å². The number of nitrogens with zero attached hydrogens (tertiary/aromatic N) is 3. The van der Waals surface area contributed by atoms with Crippen molar-refractivity contribution in [3.63, 3.8) is 0 Å². The minimum Gasteiger partial charge on any atom is -0.481 e. The lowest BCUT2D eigenvalue weighted by atomic mass is 9.90. The van der Waals surface area contributed by atoms with E-state index in [1.165, 1.54) is 17.5 Å². The third-order valence-electron chi connectivity index (χ3n) is 3.88. The van der Waals surface area contributed by atoms with Crippen molar-refractivity contribution >= 4 is 23.2 Å². The molecule has 0 radical (unpaired) electrons. The Labute approximate surface area is 131 Å². The van der Waals surface area contributed by atoms with Gasteiger partial charge >= 0.3 is 5.97 Å². The summed E-state index contributed by atoms with van der Waals surface area (Å²) in [5.41, 5.74) is -0.132. The number of pyridine rings is 1. The number of aromatic nitrogens is 2. The molecule has 0 bridgehead atoms. The lowest BCUT2D eigenvalue weighted by Gasteiger charge is -2.19. The van der Waals surface area contributed by atoms with E-state index >= 15 is 0 Å². The summed E-state index contributed by atoms with van der Waals surface area (Å²) in [6, 6.07) is 5.52. The maximum Gasteiger partial charge on any atom is 0.311 e. The third-order valence-corrected chi connectivity index (χ3v) is 4.89. The summed E-state index contributed by atoms with van der Waals surface area (Å²) in [5, 5.41) is 9.92. The van der Waals surface area contributed by atoms with Crippen LogP contribution in [0, 0.1) is 5.41 Å². The Bertz CT molecular complexity index is 716. The van der Waals surface area contributed by atoms with Gasteiger partial charge in [-0.1, -0.05) is 6.07 Å². The second-order valence-corrected chi connectivity index (χ2v) is 6.62. The first-order chi connectivity index (χ1) is 10.5. The predicted molar refractivity (Wildman–Crippen MR) is 81.6 cm³/mol. The van der Waals surface area contributed by atoms with Crippen molar-refractivity contribution in [2.24, 2.45) is 5.41 Å². The zero-order valence-electron chi connectivity index (χ0n) is 12.0. The number of thiazole rings is 1. The fourth-order valence-corrected chi connectivity index (χ4v) is 3.31. The van der Waals surface area contributed by atoms with Crippen molar-refractivity contribution in [3.8, 4) is 10.7 Å². The smallest absolute Gasteiger partial charge is 0.311 e. The number of likely N-dealkylation sites (tertiary alicyclic amines) is 1. The average molecular weight is 317 g/mol. The van der Waals surface area contributed by atoms with Crippen LogP contribution in [0.4, 0.5) is 0 Å². The Morgan fingerprint density at radius 1 is 1.36 bits per heavy atom. The highest BCUT2D eigenvalue weighted by molar-refractivity contribution is 7.16. The highest BCUT2D eigenvalue weighted by Gasteiger charge is 2.42. The maximum absolute atomic E-state index is 12.5. The molecular formula is C15H15N3O3S. The molecule has 0 aliphatic carbocycles. The quantitative estimate of drug-likeness (QED) is 0.937. The summed E-state index contributed by atoms with van der Waals surface area (Å²) in [6.45, 7) is 2.37. The van der Waals surface area contributed by atoms with Crippen molar-refractivity contribution in [3.05, 3.63) is 35.5 Å². The number of aliphatic carboxylic acids is 1. The van der Waals surface area contributed by atoms with Crippen LogP contribution in [-0.2, 0) is 4.79 Å². The molecule has 1 saturated heterocycles. The Kier molecular flexibility index (Phi) is 3.66. The molecule has 6 nitrogen and oxygen atoms in total. The lowest BCUT2D eigenvalue weighted by Crippen LogP contribution is -2.34. The van der Waals surface area contributed by atoms with E-state index in [0.29, 0.717) is 22.9 Å². The molecule has 1 unspecified atom stereocenters. The van der Waals surface area contributed by atoms with Crippen LogP contribution in [0.3, 0.4) is 0 Å². The van der Waals surface area contributed by atoms with Gasteiger partial charge in [-0.25, -0.2) is 4.98 Å². The van der Waals surface area contributed by atoms with Gasteiger partial charge < -0.3 is 10.0 Å². The number of carbonyl (C=O) groups is 2. The average Bonchev–Trinajstić information content (AvgIpc) is 3.15. The number of amides is 1. The van der Waals surface area contributed by atoms with Crippen LogP contribution in [0.1, 0.15) is 23.0 Å². The number of rotatable bonds is 3. The van der Waals surface area contributed by atoms with Crippen molar-refractivity contribution in [2.45, 2.75) is 13.3 Å². The number of carboxylic acids is 1. The summed E-state index contributed by atoms with van der Waals surface area (Å²) in [4.78, 5) is 34.3. The molecule has 3 rings (SSSR count). The second kappa shape index (κ2) is 5.49. The van der Waals surface area contributed by atoms with E-state index in [1.54, 1.807) is 18.0 Å². The zero-order chi connectivity index (χ0) is 15.7. The predicted octanol–water partition coefficient (Wildman–Crippen LogP) is 2.14. The van der Waals surface area contributed by atoms with Crippen LogP contribution >= 0.6 is 11.3 Å². The Morgan fingerprint density at radius 3 is 2.82 bits per heavy atom. The summed E-state index contributed by atoms with van der Waals surface area (Å²) in [5.74, 6) is -1.02. The van der Waals surface area contributed by atoms with E-state index in [0.717, 1.165) is 5.69 Å². The minimum absolute atomic E-state index is 0.162. The van der Waals surface area contributed by atoms with Gasteiger partial charge in [0.25, 0.3) is 5.91 Å². The molecule has 0 aromatic carbocycles. The van der Waals surface area contributed by atoms with Crippen molar-refractivity contribution in [2.75, 3.05) is 13.1 Å². The molecule has 114 valence electrons. The Hall–Kier alpha value is -2.28. The fraction of sp³-hybridized carbons (Fsp3) is 0.333. The van der Waals surface area contributed by atoms with Gasteiger partial charge in [0.1, 0.15) is 9.88 Å². The summed E-state index contributed by atoms with van der Waals surface area (Å²) in [7, 11) is 0. The summed E-state index contributed by atoms with van der Waals surface area (Å²) in [6.07, 6.45) is 3.68. The van der Waals surface area contributed by atoms with Crippen molar-refractivity contribution in [1.82, 2.24) is 14.9 Å². The Morgan fingerprint density at radius 2 is 2.18 bits per heavy atom. The van der Waals surface area contributed by atoms with Crippen LogP contribution in [0.15, 0.2) is 30.6 Å². The zero-order valence-corrected chi connectivity index (χ0v) is 12.8. The molecule has 2 aromatic rings. The van der Waals surface area contributed by atoms with Crippen LogP contribution < -0.4 is 0 Å². The van der Waals surface area contributed by atoms with Gasteiger partial charge in [0.2, 0.25) is 0 Å². The molecule has 1 fully saturated rings. The number of hydrogen-bond donors (Lipinski definition) is 1. The molecule has 2 aromatic heterocycles. The van der Waals surface area contributed by atoms with Crippen LogP contribution in [-0.4, -0.2) is 44.9 Å². The van der Waals surface area contributed by atoms with E-state index in [2.05, 4.69) is 9.97 Å². The van der Waals surface area contributed by atoms with E-state index < -0.39 is 11.4 Å². The molecule has 0 saturated carbocycles. The van der Waals surface area contributed by atoms with Gasteiger partial charge in [-0.15, -0.1) is 11.3 Å². The van der Waals surface area contributed by atoms with Crippen LogP contribution in [0.5, 0.6) is 0 Å². The SMILES string of the molecule is CC1(C(=O)O)CCN(C(=O)c2cnc(-c3ccccn3)s2)C1. The van der Waals surface area contributed by atoms with Crippen LogP contribution in [0.2, 0.25) is 0 Å². The highest BCUT2D eigenvalue weighted by atomic mass is 32.1. The Balaban J connectivity index is 1.77. The molecule has 3 heterocycles. The van der Waals surface area contributed by atoms with Gasteiger partial charge in [-0.05, 0) is 25.5 Å².